The highest BCUT2D eigenvalue weighted by atomic mass is 16.6. The number of hydrazone groups is 1. The molecule has 0 aliphatic carbocycles. The summed E-state index contributed by atoms with van der Waals surface area (Å²) in [6.45, 7) is 0. The molecule has 0 fully saturated rings. The fourth-order valence-corrected chi connectivity index (χ4v) is 3.59. The summed E-state index contributed by atoms with van der Waals surface area (Å²) >= 11 is 0. The van der Waals surface area contributed by atoms with Crippen LogP contribution in [0.1, 0.15) is 5.69 Å². The van der Waals surface area contributed by atoms with E-state index in [9.17, 15) is 10.1 Å². The Morgan fingerprint density at radius 1 is 0.800 bits per heavy atom. The van der Waals surface area contributed by atoms with E-state index in [2.05, 4.69) is 25.7 Å². The molecule has 0 saturated heterocycles. The van der Waals surface area contributed by atoms with E-state index in [1.165, 1.54) is 12.1 Å². The molecule has 9 nitrogen and oxygen atoms in total. The van der Waals surface area contributed by atoms with Gasteiger partial charge in [0, 0.05) is 35.1 Å². The second-order valence-electron chi connectivity index (χ2n) is 7.51. The van der Waals surface area contributed by atoms with Gasteiger partial charge in [-0.2, -0.15) is 5.10 Å². The zero-order valence-electron chi connectivity index (χ0n) is 18.4. The van der Waals surface area contributed by atoms with E-state index in [0.717, 1.165) is 22.5 Å². The number of anilines is 1. The van der Waals surface area contributed by atoms with Gasteiger partial charge in [0.15, 0.2) is 0 Å². The lowest BCUT2D eigenvalue weighted by atomic mass is 10.0. The summed E-state index contributed by atoms with van der Waals surface area (Å²) in [5.74, 6) is 0.258. The second kappa shape index (κ2) is 9.75. The van der Waals surface area contributed by atoms with Crippen LogP contribution in [-0.2, 0) is 0 Å². The molecule has 0 saturated carbocycles. The maximum atomic E-state index is 10.9. The van der Waals surface area contributed by atoms with Crippen molar-refractivity contribution >= 4 is 17.9 Å². The molecule has 0 aliphatic heterocycles. The number of nitro benzene ring substituents is 1. The second-order valence-corrected chi connectivity index (χ2v) is 7.51. The minimum absolute atomic E-state index is 0.0376. The van der Waals surface area contributed by atoms with Crippen LogP contribution < -0.4 is 5.43 Å². The number of benzene rings is 3. The van der Waals surface area contributed by atoms with Crippen molar-refractivity contribution in [2.45, 2.75) is 0 Å². The fourth-order valence-electron chi connectivity index (χ4n) is 3.59. The SMILES string of the molecule is O=[N+]([O-])c1ccc(-n2cccc2C=NNc2nnc(-c3ccccc3)c(-c3ccccc3)n2)cc1. The quantitative estimate of drug-likeness (QED) is 0.199. The van der Waals surface area contributed by atoms with Crippen LogP contribution in [0.15, 0.2) is 108 Å². The Balaban J connectivity index is 1.41. The van der Waals surface area contributed by atoms with Crippen LogP contribution in [0.3, 0.4) is 0 Å². The van der Waals surface area contributed by atoms with Gasteiger partial charge in [-0.3, -0.25) is 10.1 Å². The minimum atomic E-state index is -0.424. The van der Waals surface area contributed by atoms with Crippen LogP contribution in [0, 0.1) is 10.1 Å². The number of aromatic nitrogens is 4. The maximum absolute atomic E-state index is 10.9. The number of nitrogens with one attached hydrogen (secondary N) is 1. The summed E-state index contributed by atoms with van der Waals surface area (Å²) in [4.78, 5) is 15.2. The standard InChI is InChI=1S/C26H19N7O2/c34-33(35)22-15-13-21(14-16-22)32-17-7-12-23(32)18-27-30-26-28-24(19-8-3-1-4-9-19)25(29-31-26)20-10-5-2-6-11-20/h1-18H,(H,28,30,31). The van der Waals surface area contributed by atoms with Crippen LogP contribution in [0.25, 0.3) is 28.2 Å². The summed E-state index contributed by atoms with van der Waals surface area (Å²) in [7, 11) is 0. The van der Waals surface area contributed by atoms with E-state index in [1.54, 1.807) is 18.3 Å². The highest BCUT2D eigenvalue weighted by Gasteiger charge is 2.13. The first kappa shape index (κ1) is 21.7. The number of nitrogens with zero attached hydrogens (tertiary/aromatic N) is 6. The Morgan fingerprint density at radius 3 is 2.11 bits per heavy atom. The normalized spacial score (nSPS) is 11.0. The molecule has 3 aromatic carbocycles. The number of nitro groups is 1. The summed E-state index contributed by atoms with van der Waals surface area (Å²) < 4.78 is 1.86. The van der Waals surface area contributed by atoms with Gasteiger partial charge < -0.3 is 4.57 Å². The lowest BCUT2D eigenvalue weighted by Gasteiger charge is -2.09. The van der Waals surface area contributed by atoms with E-state index in [1.807, 2.05) is 83.6 Å². The minimum Gasteiger partial charge on any atom is -0.316 e. The highest BCUT2D eigenvalue weighted by molar-refractivity contribution is 5.80. The van der Waals surface area contributed by atoms with Gasteiger partial charge in [0.2, 0.25) is 0 Å². The fraction of sp³-hybridized carbons (Fsp3) is 0. The number of non-ortho nitro benzene ring substituents is 1. The molecular formula is C26H19N7O2. The maximum Gasteiger partial charge on any atom is 0.269 e. The average molecular weight is 461 g/mol. The van der Waals surface area contributed by atoms with E-state index in [-0.39, 0.29) is 11.6 Å². The molecule has 0 aliphatic rings. The van der Waals surface area contributed by atoms with Gasteiger partial charge in [-0.05, 0) is 24.3 Å². The van der Waals surface area contributed by atoms with Crippen LogP contribution in [-0.4, -0.2) is 30.9 Å². The predicted molar refractivity (Wildman–Crippen MR) is 134 cm³/mol. The molecule has 0 unspecified atom stereocenters. The lowest BCUT2D eigenvalue weighted by Crippen LogP contribution is -2.04. The number of hydrogen-bond donors (Lipinski definition) is 1. The Hall–Kier alpha value is -5.18. The van der Waals surface area contributed by atoms with Gasteiger partial charge in [-0.15, -0.1) is 10.2 Å². The molecule has 2 heterocycles. The smallest absolute Gasteiger partial charge is 0.269 e. The Labute approximate surface area is 200 Å². The van der Waals surface area contributed by atoms with Gasteiger partial charge >= 0.3 is 0 Å². The van der Waals surface area contributed by atoms with Crippen LogP contribution in [0.4, 0.5) is 11.6 Å². The molecule has 2 aromatic heterocycles. The first-order valence-corrected chi connectivity index (χ1v) is 10.8. The van der Waals surface area contributed by atoms with Crippen molar-refractivity contribution in [3.05, 3.63) is 119 Å². The van der Waals surface area contributed by atoms with Gasteiger partial charge in [0.05, 0.1) is 16.8 Å². The van der Waals surface area contributed by atoms with Gasteiger partial charge in [0.25, 0.3) is 11.6 Å². The molecule has 5 rings (SSSR count). The van der Waals surface area contributed by atoms with Crippen molar-refractivity contribution in [2.24, 2.45) is 5.10 Å². The van der Waals surface area contributed by atoms with Crippen molar-refractivity contribution in [3.63, 3.8) is 0 Å². The zero-order chi connectivity index (χ0) is 24.0. The summed E-state index contributed by atoms with van der Waals surface area (Å²) in [5.41, 5.74) is 7.65. The van der Waals surface area contributed by atoms with Crippen LogP contribution >= 0.6 is 0 Å². The average Bonchev–Trinajstić information content (AvgIpc) is 3.38. The Kier molecular flexibility index (Phi) is 6.03. The molecule has 170 valence electrons. The lowest BCUT2D eigenvalue weighted by molar-refractivity contribution is -0.384. The van der Waals surface area contributed by atoms with Gasteiger partial charge in [0.1, 0.15) is 11.4 Å². The van der Waals surface area contributed by atoms with E-state index >= 15 is 0 Å². The molecule has 0 bridgehead atoms. The predicted octanol–water partition coefficient (Wildman–Crippen LogP) is 5.35. The third kappa shape index (κ3) is 4.79. The summed E-state index contributed by atoms with van der Waals surface area (Å²) in [5, 5.41) is 23.8. The highest BCUT2D eigenvalue weighted by Crippen LogP contribution is 2.28. The molecule has 9 heteroatoms. The van der Waals surface area contributed by atoms with Gasteiger partial charge in [-0.25, -0.2) is 10.4 Å². The molecule has 5 aromatic rings. The molecule has 0 amide bonds. The largest absolute Gasteiger partial charge is 0.316 e. The molecule has 1 N–H and O–H groups in total. The Bertz CT molecular complexity index is 1480. The first-order valence-electron chi connectivity index (χ1n) is 10.8. The molecule has 0 radical (unpaired) electrons. The molecular weight excluding hydrogens is 442 g/mol. The van der Waals surface area contributed by atoms with Gasteiger partial charge in [-0.1, -0.05) is 60.7 Å². The van der Waals surface area contributed by atoms with Crippen molar-refractivity contribution in [1.82, 2.24) is 19.7 Å². The topological polar surface area (TPSA) is 111 Å². The molecule has 0 atom stereocenters. The summed E-state index contributed by atoms with van der Waals surface area (Å²) in [6.07, 6.45) is 3.47. The van der Waals surface area contributed by atoms with Crippen molar-refractivity contribution in [2.75, 3.05) is 5.43 Å². The molecule has 35 heavy (non-hydrogen) atoms. The van der Waals surface area contributed by atoms with Crippen molar-refractivity contribution < 1.29 is 4.92 Å². The number of rotatable bonds is 7. The van der Waals surface area contributed by atoms with Crippen molar-refractivity contribution in [1.29, 1.82) is 0 Å². The van der Waals surface area contributed by atoms with E-state index in [4.69, 9.17) is 0 Å². The van der Waals surface area contributed by atoms with Crippen LogP contribution in [0.5, 0.6) is 0 Å². The Morgan fingerprint density at radius 2 is 1.46 bits per heavy atom. The third-order valence-corrected chi connectivity index (χ3v) is 5.26. The van der Waals surface area contributed by atoms with Crippen molar-refractivity contribution in [3.8, 4) is 28.2 Å². The third-order valence-electron chi connectivity index (χ3n) is 5.26. The molecule has 0 spiro atoms. The van der Waals surface area contributed by atoms with E-state index in [0.29, 0.717) is 11.4 Å². The zero-order valence-corrected chi connectivity index (χ0v) is 18.4. The van der Waals surface area contributed by atoms with Crippen LogP contribution in [0.2, 0.25) is 0 Å². The van der Waals surface area contributed by atoms with E-state index < -0.39 is 4.92 Å². The first-order chi connectivity index (χ1) is 17.2. The number of hydrogen-bond acceptors (Lipinski definition) is 7. The summed E-state index contributed by atoms with van der Waals surface area (Å²) in [6, 6.07) is 29.6. The monoisotopic (exact) mass is 461 g/mol.